The van der Waals surface area contributed by atoms with Crippen molar-refractivity contribution in [1.82, 2.24) is 0 Å². The Bertz CT molecular complexity index is 640. The Balaban J connectivity index is 2.23. The maximum atomic E-state index is 10.3. The lowest BCUT2D eigenvalue weighted by Crippen LogP contribution is -2.16. The summed E-state index contributed by atoms with van der Waals surface area (Å²) in [7, 11) is 0. The molecule has 0 bridgehead atoms. The van der Waals surface area contributed by atoms with Crippen molar-refractivity contribution in [3.05, 3.63) is 58.7 Å². The van der Waals surface area contributed by atoms with Crippen LogP contribution in [0.5, 0.6) is 11.5 Å². The predicted molar refractivity (Wildman–Crippen MR) is 91.7 cm³/mol. The summed E-state index contributed by atoms with van der Waals surface area (Å²) in [6, 6.07) is 12.2. The van der Waals surface area contributed by atoms with E-state index in [1.54, 1.807) is 0 Å². The van der Waals surface area contributed by atoms with Crippen LogP contribution in [0, 0.1) is 13.8 Å². The minimum atomic E-state index is -0.0714. The van der Waals surface area contributed by atoms with Crippen molar-refractivity contribution in [2.45, 2.75) is 53.1 Å². The molecule has 2 rings (SSSR count). The van der Waals surface area contributed by atoms with Crippen LogP contribution in [-0.4, -0.2) is 5.11 Å². The minimum Gasteiger partial charge on any atom is -0.507 e. The number of phenols is 1. The highest BCUT2D eigenvalue weighted by atomic mass is 16.5. The normalized spacial score (nSPS) is 11.5. The third-order valence-electron chi connectivity index (χ3n) is 4.41. The Morgan fingerprint density at radius 3 is 2.27 bits per heavy atom. The molecule has 2 aromatic carbocycles. The summed E-state index contributed by atoms with van der Waals surface area (Å²) in [6.45, 7) is 11.0. The van der Waals surface area contributed by atoms with Crippen LogP contribution in [0.15, 0.2) is 36.4 Å². The third kappa shape index (κ3) is 3.62. The molecule has 0 heterocycles. The van der Waals surface area contributed by atoms with E-state index in [2.05, 4.69) is 52.0 Å². The Kier molecular flexibility index (Phi) is 4.80. The second-order valence-electron chi connectivity index (χ2n) is 6.65. The average Bonchev–Trinajstić information content (AvgIpc) is 2.49. The second-order valence-corrected chi connectivity index (χ2v) is 6.65. The lowest BCUT2D eigenvalue weighted by molar-refractivity contribution is 0.303. The van der Waals surface area contributed by atoms with Gasteiger partial charge in [0.05, 0.1) is 0 Å². The maximum Gasteiger partial charge on any atom is 0.122 e. The number of rotatable bonds is 5. The van der Waals surface area contributed by atoms with Gasteiger partial charge in [0.1, 0.15) is 18.1 Å². The molecule has 0 saturated carbocycles. The highest BCUT2D eigenvalue weighted by Gasteiger charge is 2.23. The van der Waals surface area contributed by atoms with Crippen LogP contribution in [-0.2, 0) is 12.0 Å². The quantitative estimate of drug-likeness (QED) is 0.814. The lowest BCUT2D eigenvalue weighted by Gasteiger charge is -2.26. The zero-order valence-corrected chi connectivity index (χ0v) is 14.2. The van der Waals surface area contributed by atoms with Gasteiger partial charge in [-0.05, 0) is 48.9 Å². The first-order valence-corrected chi connectivity index (χ1v) is 7.86. The molecule has 0 aromatic heterocycles. The van der Waals surface area contributed by atoms with Crippen LogP contribution in [0.2, 0.25) is 0 Å². The molecule has 2 aromatic rings. The van der Waals surface area contributed by atoms with E-state index >= 15 is 0 Å². The van der Waals surface area contributed by atoms with Crippen molar-refractivity contribution in [2.24, 2.45) is 0 Å². The Morgan fingerprint density at radius 2 is 1.68 bits per heavy atom. The molecule has 2 nitrogen and oxygen atoms in total. The number of hydrogen-bond donors (Lipinski definition) is 1. The zero-order chi connectivity index (χ0) is 16.3. The van der Waals surface area contributed by atoms with Gasteiger partial charge < -0.3 is 9.84 Å². The van der Waals surface area contributed by atoms with Crippen molar-refractivity contribution in [3.63, 3.8) is 0 Å². The second kappa shape index (κ2) is 6.43. The van der Waals surface area contributed by atoms with Crippen LogP contribution in [0.4, 0.5) is 0 Å². The first-order valence-electron chi connectivity index (χ1n) is 7.86. The van der Waals surface area contributed by atoms with Crippen LogP contribution in [0.1, 0.15) is 49.4 Å². The van der Waals surface area contributed by atoms with E-state index in [0.29, 0.717) is 12.4 Å². The average molecular weight is 298 g/mol. The minimum absolute atomic E-state index is 0.0714. The van der Waals surface area contributed by atoms with Gasteiger partial charge in [-0.2, -0.15) is 0 Å². The standard InChI is InChI=1S/C20H26O2/c1-6-20(4,5)18-12-17(11-15(3)19(18)21)22-13-16-9-7-14(2)8-10-16/h7-12,21H,6,13H2,1-5H3. The fraction of sp³-hybridized carbons (Fsp3) is 0.400. The van der Waals surface area contributed by atoms with Gasteiger partial charge in [0.2, 0.25) is 0 Å². The number of aromatic hydroxyl groups is 1. The van der Waals surface area contributed by atoms with Gasteiger partial charge in [-0.25, -0.2) is 0 Å². The first-order chi connectivity index (χ1) is 10.3. The molecule has 0 atom stereocenters. The topological polar surface area (TPSA) is 29.5 Å². The Hall–Kier alpha value is -1.96. The monoisotopic (exact) mass is 298 g/mol. The van der Waals surface area contributed by atoms with E-state index in [0.717, 1.165) is 28.9 Å². The summed E-state index contributed by atoms with van der Waals surface area (Å²) in [5.74, 6) is 1.20. The molecule has 0 fully saturated rings. The predicted octanol–water partition coefficient (Wildman–Crippen LogP) is 5.28. The summed E-state index contributed by atoms with van der Waals surface area (Å²) in [5.41, 5.74) is 4.13. The van der Waals surface area contributed by atoms with E-state index in [1.165, 1.54) is 5.56 Å². The third-order valence-corrected chi connectivity index (χ3v) is 4.41. The van der Waals surface area contributed by atoms with Crippen molar-refractivity contribution >= 4 is 0 Å². The van der Waals surface area contributed by atoms with Gasteiger partial charge >= 0.3 is 0 Å². The van der Waals surface area contributed by atoms with Gasteiger partial charge in [-0.3, -0.25) is 0 Å². The number of benzene rings is 2. The highest BCUT2D eigenvalue weighted by molar-refractivity contribution is 5.49. The zero-order valence-electron chi connectivity index (χ0n) is 14.2. The fourth-order valence-corrected chi connectivity index (χ4v) is 2.39. The Morgan fingerprint density at radius 1 is 1.05 bits per heavy atom. The van der Waals surface area contributed by atoms with Gasteiger partial charge in [0.25, 0.3) is 0 Å². The molecular weight excluding hydrogens is 272 g/mol. The van der Waals surface area contributed by atoms with Crippen molar-refractivity contribution in [2.75, 3.05) is 0 Å². The van der Waals surface area contributed by atoms with Crippen LogP contribution < -0.4 is 4.74 Å². The van der Waals surface area contributed by atoms with Gasteiger partial charge in [0, 0.05) is 5.56 Å². The molecule has 118 valence electrons. The number of aryl methyl sites for hydroxylation is 2. The Labute approximate surface area is 133 Å². The summed E-state index contributed by atoms with van der Waals surface area (Å²) in [6.07, 6.45) is 0.960. The van der Waals surface area contributed by atoms with Crippen LogP contribution in [0.3, 0.4) is 0 Å². The molecule has 0 radical (unpaired) electrons. The maximum absolute atomic E-state index is 10.3. The molecule has 0 spiro atoms. The summed E-state index contributed by atoms with van der Waals surface area (Å²) < 4.78 is 5.94. The van der Waals surface area contributed by atoms with E-state index < -0.39 is 0 Å². The molecule has 0 aliphatic rings. The van der Waals surface area contributed by atoms with Crippen molar-refractivity contribution < 1.29 is 9.84 Å². The van der Waals surface area contributed by atoms with E-state index in [4.69, 9.17) is 4.74 Å². The first kappa shape index (κ1) is 16.4. The molecule has 0 aliphatic heterocycles. The number of hydrogen-bond acceptors (Lipinski definition) is 2. The largest absolute Gasteiger partial charge is 0.507 e. The van der Waals surface area contributed by atoms with Crippen LogP contribution in [0.25, 0.3) is 0 Å². The van der Waals surface area contributed by atoms with Gasteiger partial charge in [-0.1, -0.05) is 50.6 Å². The van der Waals surface area contributed by atoms with Gasteiger partial charge in [-0.15, -0.1) is 0 Å². The molecule has 1 N–H and O–H groups in total. The van der Waals surface area contributed by atoms with E-state index in [-0.39, 0.29) is 5.41 Å². The summed E-state index contributed by atoms with van der Waals surface area (Å²) >= 11 is 0. The highest BCUT2D eigenvalue weighted by Crippen LogP contribution is 2.38. The van der Waals surface area contributed by atoms with Crippen molar-refractivity contribution in [1.29, 1.82) is 0 Å². The fourth-order valence-electron chi connectivity index (χ4n) is 2.39. The molecular formula is C20H26O2. The van der Waals surface area contributed by atoms with Crippen LogP contribution >= 0.6 is 0 Å². The molecule has 0 amide bonds. The molecule has 22 heavy (non-hydrogen) atoms. The molecule has 2 heteroatoms. The summed E-state index contributed by atoms with van der Waals surface area (Å²) in [5, 5.41) is 10.3. The van der Waals surface area contributed by atoms with Crippen molar-refractivity contribution in [3.8, 4) is 11.5 Å². The SMILES string of the molecule is CCC(C)(C)c1cc(OCc2ccc(C)cc2)cc(C)c1O. The van der Waals surface area contributed by atoms with E-state index in [9.17, 15) is 5.11 Å². The number of phenolic OH excluding ortho intramolecular Hbond substituents is 1. The van der Waals surface area contributed by atoms with Gasteiger partial charge in [0.15, 0.2) is 0 Å². The molecule has 0 saturated heterocycles. The lowest BCUT2D eigenvalue weighted by atomic mass is 9.81. The summed E-state index contributed by atoms with van der Waals surface area (Å²) in [4.78, 5) is 0. The molecule has 0 aliphatic carbocycles. The molecule has 0 unspecified atom stereocenters. The van der Waals surface area contributed by atoms with E-state index in [1.807, 2.05) is 19.1 Å². The smallest absolute Gasteiger partial charge is 0.122 e. The number of ether oxygens (including phenoxy) is 1.